The second-order valence-corrected chi connectivity index (χ2v) is 8.27. The Labute approximate surface area is 169 Å². The van der Waals surface area contributed by atoms with Gasteiger partial charge < -0.3 is 33.1 Å². The SMILES string of the molecule is CCOP(=O)(OCC)C(c1ccc2c(c1)OCO2)c1cc(OC)c(OC)cc1O. The van der Waals surface area contributed by atoms with Gasteiger partial charge in [-0.3, -0.25) is 4.57 Å². The number of hydrogen-bond acceptors (Lipinski definition) is 8. The highest BCUT2D eigenvalue weighted by Gasteiger charge is 2.41. The molecule has 0 amide bonds. The van der Waals surface area contributed by atoms with E-state index in [2.05, 4.69) is 0 Å². The first-order valence-electron chi connectivity index (χ1n) is 9.20. The van der Waals surface area contributed by atoms with Crippen molar-refractivity contribution in [3.8, 4) is 28.7 Å². The fourth-order valence-electron chi connectivity index (χ4n) is 3.26. The Balaban J connectivity index is 2.22. The van der Waals surface area contributed by atoms with Crippen molar-refractivity contribution in [1.29, 1.82) is 0 Å². The van der Waals surface area contributed by atoms with E-state index >= 15 is 0 Å². The van der Waals surface area contributed by atoms with Crippen LogP contribution >= 0.6 is 7.60 Å². The molecule has 9 heteroatoms. The van der Waals surface area contributed by atoms with Gasteiger partial charge in [0, 0.05) is 11.6 Å². The summed E-state index contributed by atoms with van der Waals surface area (Å²) < 4.78 is 46.5. The van der Waals surface area contributed by atoms with Gasteiger partial charge in [-0.25, -0.2) is 0 Å². The molecule has 8 nitrogen and oxygen atoms in total. The summed E-state index contributed by atoms with van der Waals surface area (Å²) in [7, 11) is -0.777. The largest absolute Gasteiger partial charge is 0.507 e. The number of ether oxygens (including phenoxy) is 4. The van der Waals surface area contributed by atoms with Crippen LogP contribution in [0.3, 0.4) is 0 Å². The van der Waals surface area contributed by atoms with Crippen molar-refractivity contribution in [2.24, 2.45) is 0 Å². The fourth-order valence-corrected chi connectivity index (χ4v) is 5.43. The summed E-state index contributed by atoms with van der Waals surface area (Å²) in [6, 6.07) is 8.18. The third kappa shape index (κ3) is 4.15. The highest BCUT2D eigenvalue weighted by molar-refractivity contribution is 7.54. The van der Waals surface area contributed by atoms with Crippen LogP contribution in [-0.4, -0.2) is 39.3 Å². The average Bonchev–Trinajstić information content (AvgIpc) is 3.17. The van der Waals surface area contributed by atoms with Crippen molar-refractivity contribution in [2.75, 3.05) is 34.2 Å². The predicted molar refractivity (Wildman–Crippen MR) is 106 cm³/mol. The fraction of sp³-hybridized carbons (Fsp3) is 0.400. The molecule has 1 atom stereocenters. The van der Waals surface area contributed by atoms with Crippen LogP contribution in [0.1, 0.15) is 30.6 Å². The molecule has 0 bridgehead atoms. The molecule has 0 aliphatic carbocycles. The van der Waals surface area contributed by atoms with Gasteiger partial charge in [0.15, 0.2) is 23.0 Å². The monoisotopic (exact) mass is 424 g/mol. The van der Waals surface area contributed by atoms with Gasteiger partial charge in [0.2, 0.25) is 6.79 Å². The molecule has 1 aliphatic rings. The van der Waals surface area contributed by atoms with Crippen molar-refractivity contribution < 1.29 is 37.7 Å². The Morgan fingerprint density at radius 3 is 2.24 bits per heavy atom. The highest BCUT2D eigenvalue weighted by Crippen LogP contribution is 2.65. The van der Waals surface area contributed by atoms with E-state index in [0.29, 0.717) is 34.1 Å². The smallest absolute Gasteiger partial charge is 0.342 e. The molecule has 0 aromatic heterocycles. The number of phenols is 1. The molecule has 1 unspecified atom stereocenters. The van der Waals surface area contributed by atoms with E-state index in [1.54, 1.807) is 38.1 Å². The van der Waals surface area contributed by atoms with Crippen LogP contribution in [0.25, 0.3) is 0 Å². The molecule has 1 heterocycles. The van der Waals surface area contributed by atoms with Crippen LogP contribution in [0.5, 0.6) is 28.7 Å². The Morgan fingerprint density at radius 1 is 1.00 bits per heavy atom. The van der Waals surface area contributed by atoms with Gasteiger partial charge in [-0.05, 0) is 37.6 Å². The Morgan fingerprint density at radius 2 is 1.62 bits per heavy atom. The van der Waals surface area contributed by atoms with E-state index < -0.39 is 13.3 Å². The van der Waals surface area contributed by atoms with Gasteiger partial charge in [-0.2, -0.15) is 0 Å². The summed E-state index contributed by atoms with van der Waals surface area (Å²) in [5.74, 6) is 1.72. The maximum Gasteiger partial charge on any atom is 0.342 e. The number of methoxy groups -OCH3 is 2. The zero-order valence-corrected chi connectivity index (χ0v) is 17.7. The first-order valence-corrected chi connectivity index (χ1v) is 10.8. The molecule has 1 N–H and O–H groups in total. The van der Waals surface area contributed by atoms with Crippen LogP contribution in [0, 0.1) is 0 Å². The van der Waals surface area contributed by atoms with Crippen LogP contribution in [0.4, 0.5) is 0 Å². The third-order valence-corrected chi connectivity index (χ3v) is 6.92. The first-order chi connectivity index (χ1) is 14.0. The maximum atomic E-state index is 13.8. The molecule has 0 saturated heterocycles. The number of aromatic hydroxyl groups is 1. The molecule has 2 aromatic rings. The second-order valence-electron chi connectivity index (χ2n) is 6.16. The van der Waals surface area contributed by atoms with Gasteiger partial charge in [0.05, 0.1) is 27.4 Å². The van der Waals surface area contributed by atoms with E-state index in [4.69, 9.17) is 28.0 Å². The zero-order valence-electron chi connectivity index (χ0n) is 16.8. The predicted octanol–water partition coefficient (Wildman–Crippen LogP) is 4.49. The molecule has 1 aliphatic heterocycles. The summed E-state index contributed by atoms with van der Waals surface area (Å²) in [5.41, 5.74) is -0.00884. The molecule has 0 fully saturated rings. The minimum Gasteiger partial charge on any atom is -0.507 e. The van der Waals surface area contributed by atoms with Crippen LogP contribution in [0.2, 0.25) is 0 Å². The molecule has 29 heavy (non-hydrogen) atoms. The molecule has 0 spiro atoms. The minimum absolute atomic E-state index is 0.111. The molecule has 158 valence electrons. The van der Waals surface area contributed by atoms with E-state index in [1.165, 1.54) is 20.3 Å². The lowest BCUT2D eigenvalue weighted by Gasteiger charge is -2.28. The Hall–Kier alpha value is -2.41. The van der Waals surface area contributed by atoms with Crippen LogP contribution in [-0.2, 0) is 13.6 Å². The molecule has 0 radical (unpaired) electrons. The number of fused-ring (bicyclic) bond motifs is 1. The summed E-state index contributed by atoms with van der Waals surface area (Å²) in [5, 5.41) is 10.7. The summed E-state index contributed by atoms with van der Waals surface area (Å²) in [4.78, 5) is 0. The van der Waals surface area contributed by atoms with Gasteiger partial charge >= 0.3 is 7.60 Å². The van der Waals surface area contributed by atoms with Gasteiger partial charge in [0.1, 0.15) is 11.4 Å². The van der Waals surface area contributed by atoms with Crippen molar-refractivity contribution in [3.05, 3.63) is 41.5 Å². The van der Waals surface area contributed by atoms with Crippen molar-refractivity contribution >= 4 is 7.60 Å². The second kappa shape index (κ2) is 8.95. The molecular weight excluding hydrogens is 399 g/mol. The van der Waals surface area contributed by atoms with Crippen molar-refractivity contribution in [3.63, 3.8) is 0 Å². The average molecular weight is 424 g/mol. The minimum atomic E-state index is -3.73. The van der Waals surface area contributed by atoms with Gasteiger partial charge in [-0.15, -0.1) is 0 Å². The molecule has 0 saturated carbocycles. The standard InChI is InChI=1S/C20H25O8P/c1-5-27-29(22,28-6-2)20(13-7-8-16-19(9-13)26-12-25-16)14-10-17(23-3)18(24-4)11-15(14)21/h7-11,20-21H,5-6,12H2,1-4H3. The van der Waals surface area contributed by atoms with Crippen molar-refractivity contribution in [2.45, 2.75) is 19.5 Å². The zero-order chi connectivity index (χ0) is 21.0. The Bertz CT molecular complexity index is 904. The van der Waals surface area contributed by atoms with E-state index in [1.807, 2.05) is 0 Å². The van der Waals surface area contributed by atoms with Crippen molar-refractivity contribution in [1.82, 2.24) is 0 Å². The summed E-state index contributed by atoms with van der Waals surface area (Å²) in [6.45, 7) is 3.92. The maximum absolute atomic E-state index is 13.8. The van der Waals surface area contributed by atoms with E-state index in [9.17, 15) is 9.67 Å². The third-order valence-electron chi connectivity index (χ3n) is 4.47. The normalized spacial score (nSPS) is 13.9. The highest BCUT2D eigenvalue weighted by atomic mass is 31.2. The molecule has 2 aromatic carbocycles. The van der Waals surface area contributed by atoms with Gasteiger partial charge in [-0.1, -0.05) is 6.07 Å². The molecule has 3 rings (SSSR count). The Kier molecular flexibility index (Phi) is 6.57. The topological polar surface area (TPSA) is 92.7 Å². The quantitative estimate of drug-likeness (QED) is 0.589. The number of rotatable bonds is 9. The summed E-state index contributed by atoms with van der Waals surface area (Å²) >= 11 is 0. The number of phenolic OH excluding ortho intramolecular Hbond substituents is 1. The number of benzene rings is 2. The van der Waals surface area contributed by atoms with Crippen LogP contribution < -0.4 is 18.9 Å². The lowest BCUT2D eigenvalue weighted by molar-refractivity contribution is 0.174. The first kappa shape index (κ1) is 21.3. The molecular formula is C20H25O8P. The van der Waals surface area contributed by atoms with Gasteiger partial charge in [0.25, 0.3) is 0 Å². The van der Waals surface area contributed by atoms with Crippen LogP contribution in [0.15, 0.2) is 30.3 Å². The lowest BCUT2D eigenvalue weighted by atomic mass is 10.0. The van der Waals surface area contributed by atoms with E-state index in [-0.39, 0.29) is 25.8 Å². The summed E-state index contributed by atoms with van der Waals surface area (Å²) in [6.07, 6.45) is 0. The lowest BCUT2D eigenvalue weighted by Crippen LogP contribution is -2.09. The van der Waals surface area contributed by atoms with E-state index in [0.717, 1.165) is 0 Å². The number of hydrogen-bond donors (Lipinski definition) is 1.